The summed E-state index contributed by atoms with van der Waals surface area (Å²) in [5.41, 5.74) is 0. The van der Waals surface area contributed by atoms with Crippen LogP contribution in [-0.4, -0.2) is 47.1 Å². The van der Waals surface area contributed by atoms with Crippen molar-refractivity contribution in [3.8, 4) is 0 Å². The number of benzene rings is 1. The van der Waals surface area contributed by atoms with Crippen molar-refractivity contribution < 1.29 is 22.9 Å². The molecule has 8 heteroatoms. The number of amides is 1. The van der Waals surface area contributed by atoms with Gasteiger partial charge in [-0.3, -0.25) is 9.00 Å². The van der Waals surface area contributed by atoms with Crippen LogP contribution < -0.4 is 0 Å². The average Bonchev–Trinajstić information content (AvgIpc) is 3.32. The van der Waals surface area contributed by atoms with Crippen LogP contribution in [0.25, 0.3) is 0 Å². The van der Waals surface area contributed by atoms with Gasteiger partial charge >= 0.3 is 0 Å². The SMILES string of the molecule is O=C(c1ccc(CS(=O)c2ccc(Cl)cc2)o1)N1CCC2(CC1)OCCO2. The van der Waals surface area contributed by atoms with Crippen LogP contribution in [0.1, 0.15) is 29.2 Å². The van der Waals surface area contributed by atoms with Crippen molar-refractivity contribution in [1.82, 2.24) is 4.90 Å². The molecule has 144 valence electrons. The Hall–Kier alpha value is -1.67. The topological polar surface area (TPSA) is 69.0 Å². The maximum Gasteiger partial charge on any atom is 0.289 e. The number of carbonyl (C=O) groups excluding carboxylic acids is 1. The lowest BCUT2D eigenvalue weighted by molar-refractivity contribution is -0.181. The van der Waals surface area contributed by atoms with Crippen molar-refractivity contribution in [3.63, 3.8) is 0 Å². The molecule has 27 heavy (non-hydrogen) atoms. The van der Waals surface area contributed by atoms with E-state index in [1.54, 1.807) is 41.3 Å². The van der Waals surface area contributed by atoms with E-state index < -0.39 is 16.6 Å². The fraction of sp³-hybridized carbons (Fsp3) is 0.421. The molecule has 1 atom stereocenters. The third-order valence-electron chi connectivity index (χ3n) is 4.85. The number of piperidine rings is 1. The van der Waals surface area contributed by atoms with Gasteiger partial charge in [-0.25, -0.2) is 0 Å². The maximum absolute atomic E-state index is 12.7. The van der Waals surface area contributed by atoms with Crippen LogP contribution in [0.4, 0.5) is 0 Å². The summed E-state index contributed by atoms with van der Waals surface area (Å²) in [7, 11) is -1.26. The minimum absolute atomic E-state index is 0.161. The molecule has 0 aliphatic carbocycles. The van der Waals surface area contributed by atoms with Crippen molar-refractivity contribution >= 4 is 28.3 Å². The van der Waals surface area contributed by atoms with E-state index in [2.05, 4.69) is 0 Å². The summed E-state index contributed by atoms with van der Waals surface area (Å²) in [6.07, 6.45) is 1.32. The Balaban J connectivity index is 1.36. The first-order chi connectivity index (χ1) is 13.0. The molecule has 4 rings (SSSR count). The lowest BCUT2D eigenvalue weighted by Crippen LogP contribution is -2.47. The number of furan rings is 1. The molecular formula is C19H20ClNO5S. The van der Waals surface area contributed by atoms with Crippen LogP contribution in [-0.2, 0) is 26.0 Å². The molecule has 1 amide bonds. The Morgan fingerprint density at radius 3 is 2.41 bits per heavy atom. The number of carbonyl (C=O) groups is 1. The van der Waals surface area contributed by atoms with Crippen molar-refractivity contribution in [3.05, 3.63) is 52.9 Å². The predicted molar refractivity (Wildman–Crippen MR) is 100 cm³/mol. The van der Waals surface area contributed by atoms with Crippen molar-refractivity contribution in [2.75, 3.05) is 26.3 Å². The molecule has 2 aliphatic rings. The quantitative estimate of drug-likeness (QED) is 0.775. The lowest BCUT2D eigenvalue weighted by atomic mass is 10.0. The van der Waals surface area contributed by atoms with E-state index >= 15 is 0 Å². The minimum atomic E-state index is -1.26. The van der Waals surface area contributed by atoms with Gasteiger partial charge < -0.3 is 18.8 Å². The van der Waals surface area contributed by atoms with Crippen LogP contribution in [0.5, 0.6) is 0 Å². The van der Waals surface area contributed by atoms with Gasteiger partial charge in [-0.1, -0.05) is 11.6 Å². The molecule has 1 unspecified atom stereocenters. The van der Waals surface area contributed by atoms with Gasteiger partial charge in [0.05, 0.1) is 29.8 Å². The van der Waals surface area contributed by atoms with Gasteiger partial charge in [-0.05, 0) is 36.4 Å². The highest BCUT2D eigenvalue weighted by Crippen LogP contribution is 2.32. The molecule has 0 bridgehead atoms. The number of halogens is 1. The summed E-state index contributed by atoms with van der Waals surface area (Å²) in [6.45, 7) is 2.34. The van der Waals surface area contributed by atoms with Gasteiger partial charge in [0.2, 0.25) is 0 Å². The highest BCUT2D eigenvalue weighted by molar-refractivity contribution is 7.84. The van der Waals surface area contributed by atoms with Crippen LogP contribution in [0, 0.1) is 0 Å². The van der Waals surface area contributed by atoms with Crippen LogP contribution in [0.2, 0.25) is 5.02 Å². The van der Waals surface area contributed by atoms with E-state index in [9.17, 15) is 9.00 Å². The van der Waals surface area contributed by atoms with E-state index in [1.807, 2.05) is 0 Å². The molecule has 6 nitrogen and oxygen atoms in total. The molecule has 2 fully saturated rings. The summed E-state index contributed by atoms with van der Waals surface area (Å²) in [5, 5.41) is 0.596. The second kappa shape index (κ2) is 7.75. The fourth-order valence-corrected chi connectivity index (χ4v) is 4.51. The lowest BCUT2D eigenvalue weighted by Gasteiger charge is -2.37. The van der Waals surface area contributed by atoms with Gasteiger partial charge in [0.15, 0.2) is 11.5 Å². The first kappa shape index (κ1) is 18.7. The van der Waals surface area contributed by atoms with Crippen LogP contribution in [0.15, 0.2) is 45.7 Å². The zero-order valence-corrected chi connectivity index (χ0v) is 16.3. The predicted octanol–water partition coefficient (Wildman–Crippen LogP) is 3.22. The van der Waals surface area contributed by atoms with E-state index in [0.29, 0.717) is 54.8 Å². The van der Waals surface area contributed by atoms with Gasteiger partial charge in [0.25, 0.3) is 5.91 Å². The highest BCUT2D eigenvalue weighted by atomic mass is 35.5. The first-order valence-electron chi connectivity index (χ1n) is 8.85. The Morgan fingerprint density at radius 2 is 1.74 bits per heavy atom. The van der Waals surface area contributed by atoms with E-state index in [1.165, 1.54) is 0 Å². The highest BCUT2D eigenvalue weighted by Gasteiger charge is 2.41. The molecular weight excluding hydrogens is 390 g/mol. The number of hydrogen-bond acceptors (Lipinski definition) is 5. The summed E-state index contributed by atoms with van der Waals surface area (Å²) < 4.78 is 29.5. The molecule has 0 N–H and O–H groups in total. The average molecular weight is 410 g/mol. The van der Waals surface area contributed by atoms with Crippen molar-refractivity contribution in [2.45, 2.75) is 29.3 Å². The van der Waals surface area contributed by atoms with Gasteiger partial charge in [-0.2, -0.15) is 0 Å². The number of likely N-dealkylation sites (tertiary alicyclic amines) is 1. The third-order valence-corrected chi connectivity index (χ3v) is 6.44. The Kier molecular flexibility index (Phi) is 5.36. The monoisotopic (exact) mass is 409 g/mol. The smallest absolute Gasteiger partial charge is 0.289 e. The molecule has 1 spiro atoms. The van der Waals surface area contributed by atoms with Crippen molar-refractivity contribution in [2.24, 2.45) is 0 Å². The molecule has 2 saturated heterocycles. The second-order valence-corrected chi connectivity index (χ2v) is 8.50. The Morgan fingerprint density at radius 1 is 1.07 bits per heavy atom. The van der Waals surface area contributed by atoms with Gasteiger partial charge in [-0.15, -0.1) is 0 Å². The molecule has 2 aromatic rings. The third kappa shape index (κ3) is 4.11. The maximum atomic E-state index is 12.7. The molecule has 1 aromatic carbocycles. The van der Waals surface area contributed by atoms with Crippen LogP contribution in [0.3, 0.4) is 0 Å². The minimum Gasteiger partial charge on any atom is -0.455 e. The zero-order valence-electron chi connectivity index (χ0n) is 14.7. The van der Waals surface area contributed by atoms with E-state index in [4.69, 9.17) is 25.5 Å². The van der Waals surface area contributed by atoms with Crippen LogP contribution >= 0.6 is 11.6 Å². The number of nitrogens with zero attached hydrogens (tertiary/aromatic N) is 1. The van der Waals surface area contributed by atoms with Gasteiger partial charge in [0, 0.05) is 35.8 Å². The summed E-state index contributed by atoms with van der Waals surface area (Å²) in [6, 6.07) is 10.2. The molecule has 0 radical (unpaired) electrons. The standard InChI is InChI=1S/C19H20ClNO5S/c20-14-1-4-16(5-2-14)27(23)13-15-3-6-17(26-15)18(22)21-9-7-19(8-10-21)24-11-12-25-19/h1-6H,7-13H2. The normalized spacial score (nSPS) is 20.1. The fourth-order valence-electron chi connectivity index (χ4n) is 3.36. The van der Waals surface area contributed by atoms with Crippen molar-refractivity contribution in [1.29, 1.82) is 0 Å². The summed E-state index contributed by atoms with van der Waals surface area (Å²) in [5.74, 6) is 0.316. The molecule has 1 aromatic heterocycles. The van der Waals surface area contributed by atoms with E-state index in [-0.39, 0.29) is 17.4 Å². The first-order valence-corrected chi connectivity index (χ1v) is 10.5. The summed E-state index contributed by atoms with van der Waals surface area (Å²) >= 11 is 5.85. The Bertz CT molecular complexity index is 834. The zero-order chi connectivity index (χ0) is 18.9. The largest absolute Gasteiger partial charge is 0.455 e. The number of rotatable bonds is 4. The number of hydrogen-bond donors (Lipinski definition) is 0. The Labute approximate surface area is 164 Å². The second-order valence-electron chi connectivity index (χ2n) is 6.61. The summed E-state index contributed by atoms with van der Waals surface area (Å²) in [4.78, 5) is 15.1. The van der Waals surface area contributed by atoms with E-state index in [0.717, 1.165) is 0 Å². The number of ether oxygens (including phenoxy) is 2. The van der Waals surface area contributed by atoms with Gasteiger partial charge in [0.1, 0.15) is 5.76 Å². The molecule has 2 aliphatic heterocycles. The molecule has 3 heterocycles. The molecule has 0 saturated carbocycles.